The van der Waals surface area contributed by atoms with Gasteiger partial charge in [0, 0.05) is 33.8 Å². The Hall–Kier alpha value is -5.29. The molecule has 4 rings (SSSR count). The van der Waals surface area contributed by atoms with E-state index in [1.54, 1.807) is 48.5 Å². The van der Waals surface area contributed by atoms with Crippen LogP contribution in [0.15, 0.2) is 94.5 Å². The SMILES string of the molecule is COc1cc(C(=O)Nc2cccc(C(=O)NN=Cc3cc(Br)ccc3OC(=O)c3ccc(C)cc3)c2)ccc1OC(C)=O. The highest BCUT2D eigenvalue weighted by atomic mass is 79.9. The van der Waals surface area contributed by atoms with E-state index in [1.807, 2.05) is 19.1 Å². The molecule has 0 fully saturated rings. The number of benzene rings is 4. The molecule has 0 bridgehead atoms. The lowest BCUT2D eigenvalue weighted by atomic mass is 10.1. The maximum atomic E-state index is 12.8. The Labute approximate surface area is 255 Å². The zero-order valence-corrected chi connectivity index (χ0v) is 24.9. The average Bonchev–Trinajstić information content (AvgIpc) is 2.98. The molecule has 0 radical (unpaired) electrons. The second-order valence-electron chi connectivity index (χ2n) is 9.13. The molecule has 10 nitrogen and oxygen atoms in total. The van der Waals surface area contributed by atoms with Gasteiger partial charge in [-0.15, -0.1) is 0 Å². The van der Waals surface area contributed by atoms with Gasteiger partial charge in [0.25, 0.3) is 11.8 Å². The minimum absolute atomic E-state index is 0.185. The van der Waals surface area contributed by atoms with Crippen LogP contribution in [0.4, 0.5) is 5.69 Å². The molecule has 0 heterocycles. The van der Waals surface area contributed by atoms with Crippen molar-refractivity contribution in [2.45, 2.75) is 13.8 Å². The number of carbonyl (C=O) groups excluding carboxylic acids is 4. The molecule has 0 saturated carbocycles. The third kappa shape index (κ3) is 8.37. The Bertz CT molecular complexity index is 1720. The van der Waals surface area contributed by atoms with Crippen LogP contribution in [-0.4, -0.2) is 37.1 Å². The van der Waals surface area contributed by atoms with Crippen molar-refractivity contribution in [1.29, 1.82) is 0 Å². The van der Waals surface area contributed by atoms with Gasteiger partial charge in [-0.25, -0.2) is 10.2 Å². The molecule has 0 aliphatic rings. The lowest BCUT2D eigenvalue weighted by Crippen LogP contribution is -2.18. The summed E-state index contributed by atoms with van der Waals surface area (Å²) >= 11 is 3.39. The quantitative estimate of drug-likeness (QED) is 0.1000. The third-order valence-electron chi connectivity index (χ3n) is 5.89. The number of aryl methyl sites for hydroxylation is 1. The summed E-state index contributed by atoms with van der Waals surface area (Å²) in [5.74, 6) is -1.39. The normalized spacial score (nSPS) is 10.6. The molecular weight excluding hydrogens is 618 g/mol. The van der Waals surface area contributed by atoms with Gasteiger partial charge in [0.15, 0.2) is 11.5 Å². The molecular formula is C32H26BrN3O7. The van der Waals surface area contributed by atoms with Crippen LogP contribution in [0.2, 0.25) is 0 Å². The van der Waals surface area contributed by atoms with E-state index in [4.69, 9.17) is 14.2 Å². The van der Waals surface area contributed by atoms with Crippen LogP contribution >= 0.6 is 15.9 Å². The standard InChI is InChI=1S/C32H26BrN3O7/c1-19-7-9-21(10-8-19)32(40)43-27-14-12-25(33)15-24(27)18-34-36-31(39)22-5-4-6-26(16-22)35-30(38)23-11-13-28(42-20(2)37)29(17-23)41-3/h4-18H,1-3H3,(H,35,38)(H,36,39). The minimum Gasteiger partial charge on any atom is -0.493 e. The van der Waals surface area contributed by atoms with Gasteiger partial charge in [-0.1, -0.05) is 39.7 Å². The number of methoxy groups -OCH3 is 1. The fourth-order valence-corrected chi connectivity index (χ4v) is 4.15. The first-order valence-electron chi connectivity index (χ1n) is 12.8. The van der Waals surface area contributed by atoms with Gasteiger partial charge in [-0.2, -0.15) is 5.10 Å². The van der Waals surface area contributed by atoms with Crippen molar-refractivity contribution in [2.24, 2.45) is 5.10 Å². The van der Waals surface area contributed by atoms with Gasteiger partial charge in [-0.05, 0) is 73.7 Å². The first-order chi connectivity index (χ1) is 20.6. The number of esters is 2. The Balaban J connectivity index is 1.42. The molecule has 43 heavy (non-hydrogen) atoms. The largest absolute Gasteiger partial charge is 0.493 e. The van der Waals surface area contributed by atoms with E-state index in [0.717, 1.165) is 10.0 Å². The summed E-state index contributed by atoms with van der Waals surface area (Å²) in [4.78, 5) is 49.5. The third-order valence-corrected chi connectivity index (χ3v) is 6.39. The van der Waals surface area contributed by atoms with Gasteiger partial charge in [0.05, 0.1) is 18.9 Å². The molecule has 0 unspecified atom stereocenters. The lowest BCUT2D eigenvalue weighted by molar-refractivity contribution is -0.132. The highest BCUT2D eigenvalue weighted by Crippen LogP contribution is 2.29. The van der Waals surface area contributed by atoms with Crippen LogP contribution < -0.4 is 25.0 Å². The van der Waals surface area contributed by atoms with Gasteiger partial charge in [-0.3, -0.25) is 14.4 Å². The first-order valence-corrected chi connectivity index (χ1v) is 13.6. The van der Waals surface area contributed by atoms with Crippen LogP contribution in [0, 0.1) is 6.92 Å². The Morgan fingerprint density at radius 2 is 1.47 bits per heavy atom. The lowest BCUT2D eigenvalue weighted by Gasteiger charge is -2.11. The number of amides is 2. The minimum atomic E-state index is -0.534. The number of ether oxygens (including phenoxy) is 3. The molecule has 2 amide bonds. The van der Waals surface area contributed by atoms with E-state index in [9.17, 15) is 19.2 Å². The van der Waals surface area contributed by atoms with E-state index in [1.165, 1.54) is 44.5 Å². The number of hydrogen-bond acceptors (Lipinski definition) is 8. The molecule has 11 heteroatoms. The Morgan fingerprint density at radius 1 is 0.767 bits per heavy atom. The summed E-state index contributed by atoms with van der Waals surface area (Å²) in [5, 5.41) is 6.74. The summed E-state index contributed by atoms with van der Waals surface area (Å²) in [6.07, 6.45) is 1.36. The smallest absolute Gasteiger partial charge is 0.343 e. The number of halogens is 1. The van der Waals surface area contributed by atoms with E-state index < -0.39 is 23.8 Å². The first kappa shape index (κ1) is 30.7. The van der Waals surface area contributed by atoms with E-state index in [2.05, 4.69) is 31.8 Å². The van der Waals surface area contributed by atoms with Crippen molar-refractivity contribution in [3.8, 4) is 17.2 Å². The highest BCUT2D eigenvalue weighted by Gasteiger charge is 2.15. The van der Waals surface area contributed by atoms with Crippen molar-refractivity contribution in [3.63, 3.8) is 0 Å². The van der Waals surface area contributed by atoms with Crippen LogP contribution in [0.3, 0.4) is 0 Å². The van der Waals surface area contributed by atoms with Gasteiger partial charge in [0.2, 0.25) is 0 Å². The maximum absolute atomic E-state index is 12.8. The summed E-state index contributed by atoms with van der Waals surface area (Å²) in [5.41, 5.74) is 5.15. The van der Waals surface area contributed by atoms with Crippen LogP contribution in [-0.2, 0) is 4.79 Å². The van der Waals surface area contributed by atoms with E-state index in [-0.39, 0.29) is 28.4 Å². The van der Waals surface area contributed by atoms with E-state index in [0.29, 0.717) is 16.8 Å². The fraction of sp³-hybridized carbons (Fsp3) is 0.0938. The summed E-state index contributed by atoms with van der Waals surface area (Å²) in [7, 11) is 1.39. The van der Waals surface area contributed by atoms with Crippen LogP contribution in [0.1, 0.15) is 49.1 Å². The molecule has 0 saturated heterocycles. The molecule has 2 N–H and O–H groups in total. The highest BCUT2D eigenvalue weighted by molar-refractivity contribution is 9.10. The summed E-state index contributed by atoms with van der Waals surface area (Å²) in [6.45, 7) is 3.18. The second-order valence-corrected chi connectivity index (χ2v) is 10.0. The van der Waals surface area contributed by atoms with Crippen molar-refractivity contribution < 1.29 is 33.4 Å². The number of rotatable bonds is 9. The number of anilines is 1. The van der Waals surface area contributed by atoms with Gasteiger partial charge >= 0.3 is 11.9 Å². The fourth-order valence-electron chi connectivity index (χ4n) is 3.78. The van der Waals surface area contributed by atoms with Gasteiger partial charge < -0.3 is 19.5 Å². The predicted octanol–water partition coefficient (Wildman–Crippen LogP) is 5.93. The summed E-state index contributed by atoms with van der Waals surface area (Å²) < 4.78 is 16.6. The van der Waals surface area contributed by atoms with E-state index >= 15 is 0 Å². The van der Waals surface area contributed by atoms with Crippen molar-refractivity contribution >= 4 is 51.6 Å². The monoisotopic (exact) mass is 643 g/mol. The maximum Gasteiger partial charge on any atom is 0.343 e. The average molecular weight is 644 g/mol. The zero-order chi connectivity index (χ0) is 30.9. The Kier molecular flexibility index (Phi) is 10.0. The topological polar surface area (TPSA) is 132 Å². The molecule has 4 aromatic rings. The van der Waals surface area contributed by atoms with Crippen LogP contribution in [0.5, 0.6) is 17.2 Å². The molecule has 218 valence electrons. The molecule has 0 aliphatic heterocycles. The number of hydrazone groups is 1. The summed E-state index contributed by atoms with van der Waals surface area (Å²) in [6, 6.07) is 22.7. The molecule has 0 aliphatic carbocycles. The molecule has 0 atom stereocenters. The number of nitrogens with zero attached hydrogens (tertiary/aromatic N) is 1. The molecule has 0 aromatic heterocycles. The van der Waals surface area contributed by atoms with Crippen molar-refractivity contribution in [1.82, 2.24) is 5.43 Å². The molecule has 0 spiro atoms. The second kappa shape index (κ2) is 14.1. The van der Waals surface area contributed by atoms with Gasteiger partial charge in [0.1, 0.15) is 5.75 Å². The number of nitrogens with one attached hydrogen (secondary N) is 2. The zero-order valence-electron chi connectivity index (χ0n) is 23.3. The predicted molar refractivity (Wildman–Crippen MR) is 164 cm³/mol. The van der Waals surface area contributed by atoms with Crippen molar-refractivity contribution in [3.05, 3.63) is 117 Å². The Morgan fingerprint density at radius 3 is 2.19 bits per heavy atom. The number of hydrogen-bond donors (Lipinski definition) is 2. The van der Waals surface area contributed by atoms with Crippen LogP contribution in [0.25, 0.3) is 0 Å². The van der Waals surface area contributed by atoms with Crippen molar-refractivity contribution in [2.75, 3.05) is 12.4 Å². The molecule has 4 aromatic carbocycles. The number of carbonyl (C=O) groups is 4.